The Labute approximate surface area is 201 Å². The number of aryl methyl sites for hydroxylation is 2. The minimum atomic E-state index is -0.790. The first kappa shape index (κ1) is 23.2. The number of nitrogens with zero attached hydrogens (tertiary/aromatic N) is 3. The Balaban J connectivity index is 1.09. The van der Waals surface area contributed by atoms with Crippen LogP contribution >= 0.6 is 0 Å². The quantitative estimate of drug-likeness (QED) is 0.506. The number of likely N-dealkylation sites (tertiary alicyclic amines) is 1. The molecule has 2 aromatic heterocycles. The van der Waals surface area contributed by atoms with Crippen LogP contribution < -0.4 is 5.32 Å². The Morgan fingerprint density at radius 1 is 1.21 bits per heavy atom. The predicted octanol–water partition coefficient (Wildman–Crippen LogP) is 4.34. The number of pyridine rings is 2. The molecule has 2 N–H and O–H groups in total. The molecule has 7 heteroatoms. The number of carboxylic acid groups (broad SMARTS) is 1. The predicted molar refractivity (Wildman–Crippen MR) is 131 cm³/mol. The number of unbranched alkanes of at least 4 members (excludes halogenated alkanes) is 1. The fraction of sp³-hybridized carbons (Fsp3) is 0.593. The lowest BCUT2D eigenvalue weighted by Gasteiger charge is -2.31. The first-order valence-corrected chi connectivity index (χ1v) is 12.9. The summed E-state index contributed by atoms with van der Waals surface area (Å²) >= 11 is 0. The molecule has 2 atom stereocenters. The lowest BCUT2D eigenvalue weighted by molar-refractivity contribution is -0.143. The summed E-state index contributed by atoms with van der Waals surface area (Å²) in [4.78, 5) is 23.7. The number of hydrogen-bond donors (Lipinski definition) is 2. The van der Waals surface area contributed by atoms with Crippen molar-refractivity contribution in [3.05, 3.63) is 53.0 Å². The molecule has 2 fully saturated rings. The number of nitrogens with one attached hydrogen (secondary N) is 1. The van der Waals surface area contributed by atoms with Gasteiger partial charge in [0.05, 0.1) is 6.10 Å². The second-order valence-corrected chi connectivity index (χ2v) is 9.92. The lowest BCUT2D eigenvalue weighted by Crippen LogP contribution is -2.35. The van der Waals surface area contributed by atoms with E-state index in [2.05, 4.69) is 27.3 Å². The van der Waals surface area contributed by atoms with E-state index in [0.29, 0.717) is 19.1 Å². The fourth-order valence-electron chi connectivity index (χ4n) is 5.46. The SMILES string of the molecule is O=C(O)C(c1cccnc1C1CCC1)N1CC[C@@H](OCCCCc2ccc3c(n2)NCCC3)C1. The minimum Gasteiger partial charge on any atom is -0.480 e. The molecule has 0 spiro atoms. The van der Waals surface area contributed by atoms with Crippen LogP contribution in [0.1, 0.15) is 79.4 Å². The molecule has 182 valence electrons. The van der Waals surface area contributed by atoms with Gasteiger partial charge >= 0.3 is 5.97 Å². The van der Waals surface area contributed by atoms with Gasteiger partial charge < -0.3 is 15.2 Å². The van der Waals surface area contributed by atoms with E-state index in [0.717, 1.165) is 80.8 Å². The van der Waals surface area contributed by atoms with Crippen molar-refractivity contribution in [1.82, 2.24) is 14.9 Å². The monoisotopic (exact) mass is 464 g/mol. The zero-order valence-electron chi connectivity index (χ0n) is 19.9. The first-order chi connectivity index (χ1) is 16.7. The maximum Gasteiger partial charge on any atom is 0.325 e. The molecule has 1 unspecified atom stereocenters. The Bertz CT molecular complexity index is 994. The van der Waals surface area contributed by atoms with Gasteiger partial charge in [0.1, 0.15) is 11.9 Å². The van der Waals surface area contributed by atoms with Gasteiger partial charge in [0.15, 0.2) is 0 Å². The van der Waals surface area contributed by atoms with E-state index in [-0.39, 0.29) is 6.10 Å². The average Bonchev–Trinajstić information content (AvgIpc) is 3.27. The summed E-state index contributed by atoms with van der Waals surface area (Å²) in [5.41, 5.74) is 4.32. The molecule has 3 aliphatic rings. The summed E-state index contributed by atoms with van der Waals surface area (Å²) in [5, 5.41) is 13.5. The van der Waals surface area contributed by atoms with Gasteiger partial charge in [-0.25, -0.2) is 4.98 Å². The van der Waals surface area contributed by atoms with Crippen molar-refractivity contribution in [2.45, 2.75) is 75.9 Å². The Kier molecular flexibility index (Phi) is 7.40. The van der Waals surface area contributed by atoms with Crippen LogP contribution in [0.2, 0.25) is 0 Å². The second-order valence-electron chi connectivity index (χ2n) is 9.92. The van der Waals surface area contributed by atoms with Gasteiger partial charge in [-0.2, -0.15) is 0 Å². The van der Waals surface area contributed by atoms with Gasteiger partial charge in [-0.15, -0.1) is 0 Å². The standard InChI is InChI=1S/C27H36N4O3/c32-27(33)25(23-10-5-14-28-24(23)19-6-3-7-19)31-16-13-22(18-31)34-17-2-1-9-21-12-11-20-8-4-15-29-26(20)30-21/h5,10-12,14,19,22,25H,1-4,6-9,13,15-18H2,(H,29,30)(H,32,33)/t22-,25?/m1/s1. The summed E-state index contributed by atoms with van der Waals surface area (Å²) in [7, 11) is 0. The highest BCUT2D eigenvalue weighted by Gasteiger charge is 2.37. The third kappa shape index (κ3) is 5.26. The van der Waals surface area contributed by atoms with Crippen molar-refractivity contribution in [3.8, 4) is 0 Å². The van der Waals surface area contributed by atoms with Crippen LogP contribution in [0.5, 0.6) is 0 Å². The summed E-state index contributed by atoms with van der Waals surface area (Å²) in [6, 6.07) is 7.55. The Hall–Kier alpha value is -2.51. The van der Waals surface area contributed by atoms with E-state index in [9.17, 15) is 9.90 Å². The Morgan fingerprint density at radius 2 is 2.12 bits per heavy atom. The normalized spacial score (nSPS) is 21.5. The molecule has 1 aliphatic carbocycles. The highest BCUT2D eigenvalue weighted by Crippen LogP contribution is 2.40. The van der Waals surface area contributed by atoms with E-state index in [1.807, 2.05) is 12.1 Å². The highest BCUT2D eigenvalue weighted by molar-refractivity contribution is 5.76. The molecule has 1 saturated carbocycles. The van der Waals surface area contributed by atoms with E-state index < -0.39 is 12.0 Å². The third-order valence-electron chi connectivity index (χ3n) is 7.57. The van der Waals surface area contributed by atoms with Crippen molar-refractivity contribution >= 4 is 11.8 Å². The summed E-state index contributed by atoms with van der Waals surface area (Å²) in [5.74, 6) is 0.683. The minimum absolute atomic E-state index is 0.0942. The van der Waals surface area contributed by atoms with E-state index in [1.165, 1.54) is 18.4 Å². The van der Waals surface area contributed by atoms with Crippen LogP contribution in [0.15, 0.2) is 30.5 Å². The highest BCUT2D eigenvalue weighted by atomic mass is 16.5. The first-order valence-electron chi connectivity index (χ1n) is 12.9. The lowest BCUT2D eigenvalue weighted by atomic mass is 9.80. The van der Waals surface area contributed by atoms with Crippen LogP contribution in [-0.4, -0.2) is 58.3 Å². The summed E-state index contributed by atoms with van der Waals surface area (Å²) < 4.78 is 6.15. The molecule has 0 aromatic carbocycles. The Morgan fingerprint density at radius 3 is 2.94 bits per heavy atom. The van der Waals surface area contributed by atoms with Crippen LogP contribution in [0, 0.1) is 0 Å². The maximum absolute atomic E-state index is 12.3. The number of carboxylic acids is 1. The zero-order valence-corrected chi connectivity index (χ0v) is 19.9. The van der Waals surface area contributed by atoms with Gasteiger partial charge in [-0.3, -0.25) is 14.7 Å². The molecule has 0 radical (unpaired) electrons. The molecule has 2 aromatic rings. The molecule has 7 nitrogen and oxygen atoms in total. The van der Waals surface area contributed by atoms with Crippen LogP contribution in [0.25, 0.3) is 0 Å². The maximum atomic E-state index is 12.3. The molecule has 0 bridgehead atoms. The van der Waals surface area contributed by atoms with Crippen molar-refractivity contribution in [2.24, 2.45) is 0 Å². The molecule has 2 aliphatic heterocycles. The molecular formula is C27H36N4O3. The number of hydrogen-bond acceptors (Lipinski definition) is 6. The van der Waals surface area contributed by atoms with Gasteiger partial charge in [0, 0.05) is 55.3 Å². The van der Waals surface area contributed by atoms with Crippen LogP contribution in [0.4, 0.5) is 5.82 Å². The van der Waals surface area contributed by atoms with Gasteiger partial charge in [0.2, 0.25) is 0 Å². The molecule has 4 heterocycles. The fourth-order valence-corrected chi connectivity index (χ4v) is 5.46. The van der Waals surface area contributed by atoms with Crippen molar-refractivity contribution < 1.29 is 14.6 Å². The van der Waals surface area contributed by atoms with E-state index in [4.69, 9.17) is 9.72 Å². The van der Waals surface area contributed by atoms with Crippen molar-refractivity contribution in [1.29, 1.82) is 0 Å². The zero-order chi connectivity index (χ0) is 23.3. The smallest absolute Gasteiger partial charge is 0.325 e. The van der Waals surface area contributed by atoms with Gasteiger partial charge in [-0.1, -0.05) is 18.6 Å². The average molecular weight is 465 g/mol. The second kappa shape index (κ2) is 10.8. The van der Waals surface area contributed by atoms with Crippen LogP contribution in [-0.2, 0) is 22.4 Å². The van der Waals surface area contributed by atoms with Crippen molar-refractivity contribution in [3.63, 3.8) is 0 Å². The number of fused-ring (bicyclic) bond motifs is 1. The largest absolute Gasteiger partial charge is 0.480 e. The molecular weight excluding hydrogens is 428 g/mol. The van der Waals surface area contributed by atoms with Gasteiger partial charge in [-0.05, 0) is 69.1 Å². The number of ether oxygens (including phenoxy) is 1. The van der Waals surface area contributed by atoms with Gasteiger partial charge in [0.25, 0.3) is 0 Å². The third-order valence-corrected chi connectivity index (χ3v) is 7.57. The number of aromatic nitrogens is 2. The van der Waals surface area contributed by atoms with Crippen molar-refractivity contribution in [2.75, 3.05) is 31.6 Å². The van der Waals surface area contributed by atoms with E-state index >= 15 is 0 Å². The molecule has 34 heavy (non-hydrogen) atoms. The topological polar surface area (TPSA) is 87.6 Å². The summed E-state index contributed by atoms with van der Waals surface area (Å²) in [6.45, 7) is 3.13. The number of carbonyl (C=O) groups is 1. The number of rotatable bonds is 10. The molecule has 0 amide bonds. The summed E-state index contributed by atoms with van der Waals surface area (Å²) in [6.07, 6.45) is 11.5. The van der Waals surface area contributed by atoms with Crippen LogP contribution in [0.3, 0.4) is 0 Å². The molecule has 1 saturated heterocycles. The molecule has 5 rings (SSSR count). The van der Waals surface area contributed by atoms with E-state index in [1.54, 1.807) is 6.20 Å². The number of aliphatic carboxylic acids is 1. The number of anilines is 1.